The maximum absolute atomic E-state index is 13.0. The van der Waals surface area contributed by atoms with Gasteiger partial charge in [0.25, 0.3) is 0 Å². The third kappa shape index (κ3) is 5.66. The number of nitrogens with one attached hydrogen (secondary N) is 2. The molecule has 2 aromatic rings. The second kappa shape index (κ2) is 8.44. The van der Waals surface area contributed by atoms with Gasteiger partial charge in [-0.3, -0.25) is 9.59 Å². The summed E-state index contributed by atoms with van der Waals surface area (Å²) in [5.41, 5.74) is 1.90. The van der Waals surface area contributed by atoms with Crippen LogP contribution < -0.4 is 10.6 Å². The lowest BCUT2D eigenvalue weighted by Crippen LogP contribution is -2.18. The Bertz CT molecular complexity index is 753. The largest absolute Gasteiger partial charge is 0.325 e. The normalized spacial score (nSPS) is 10.3. The molecule has 0 saturated heterocycles. The quantitative estimate of drug-likeness (QED) is 0.837. The number of hydrogen-bond acceptors (Lipinski definition) is 3. The van der Waals surface area contributed by atoms with Crippen LogP contribution in [-0.2, 0) is 9.59 Å². The summed E-state index contributed by atoms with van der Waals surface area (Å²) in [5.74, 6) is -2.48. The third-order valence-corrected chi connectivity index (χ3v) is 3.90. The van der Waals surface area contributed by atoms with Gasteiger partial charge in [-0.25, -0.2) is 8.78 Å². The molecule has 2 amide bonds. The van der Waals surface area contributed by atoms with Gasteiger partial charge in [-0.1, -0.05) is 12.1 Å². The van der Waals surface area contributed by atoms with E-state index < -0.39 is 17.5 Å². The van der Waals surface area contributed by atoms with Crippen LogP contribution in [0.3, 0.4) is 0 Å². The van der Waals surface area contributed by atoms with E-state index in [1.807, 2.05) is 25.1 Å². The summed E-state index contributed by atoms with van der Waals surface area (Å²) in [6.45, 7) is 1.92. The van der Waals surface area contributed by atoms with Crippen LogP contribution in [0.1, 0.15) is 5.56 Å². The Hall–Kier alpha value is -2.41. The van der Waals surface area contributed by atoms with Crippen molar-refractivity contribution in [1.82, 2.24) is 0 Å². The van der Waals surface area contributed by atoms with Gasteiger partial charge >= 0.3 is 0 Å². The summed E-state index contributed by atoms with van der Waals surface area (Å²) < 4.78 is 25.8. The van der Waals surface area contributed by atoms with E-state index in [4.69, 9.17) is 0 Å². The molecular formula is C17H16F2N2O2S. The van der Waals surface area contributed by atoms with Gasteiger partial charge in [-0.15, -0.1) is 11.8 Å². The van der Waals surface area contributed by atoms with E-state index in [0.717, 1.165) is 29.5 Å². The second-order valence-electron chi connectivity index (χ2n) is 5.09. The zero-order valence-electron chi connectivity index (χ0n) is 12.9. The molecule has 0 radical (unpaired) electrons. The smallest absolute Gasteiger partial charge is 0.234 e. The summed E-state index contributed by atoms with van der Waals surface area (Å²) in [6, 6.07) is 10.5. The number of rotatable bonds is 6. The molecule has 2 rings (SSSR count). The van der Waals surface area contributed by atoms with Crippen LogP contribution >= 0.6 is 11.8 Å². The van der Waals surface area contributed by atoms with Crippen molar-refractivity contribution in [3.05, 3.63) is 59.7 Å². The molecule has 0 spiro atoms. The standard InChI is InChI=1S/C17H16F2N2O2S/c1-11-3-2-4-12(7-11)20-16(22)9-24-10-17(23)21-13-5-6-14(18)15(19)8-13/h2-8H,9-10H2,1H3,(H,20,22)(H,21,23). The van der Waals surface area contributed by atoms with Crippen molar-refractivity contribution < 1.29 is 18.4 Å². The van der Waals surface area contributed by atoms with Crippen molar-refractivity contribution in [3.63, 3.8) is 0 Å². The lowest BCUT2D eigenvalue weighted by molar-refractivity contribution is -0.114. The van der Waals surface area contributed by atoms with Crippen molar-refractivity contribution in [2.75, 3.05) is 22.1 Å². The van der Waals surface area contributed by atoms with Crippen LogP contribution in [-0.4, -0.2) is 23.3 Å². The first kappa shape index (κ1) is 17.9. The van der Waals surface area contributed by atoms with Gasteiger partial charge in [0.05, 0.1) is 11.5 Å². The molecule has 24 heavy (non-hydrogen) atoms. The maximum Gasteiger partial charge on any atom is 0.234 e. The van der Waals surface area contributed by atoms with Crippen molar-refractivity contribution in [2.24, 2.45) is 0 Å². The van der Waals surface area contributed by atoms with Gasteiger partial charge in [0.1, 0.15) is 0 Å². The average molecular weight is 350 g/mol. The van der Waals surface area contributed by atoms with Crippen molar-refractivity contribution >= 4 is 35.0 Å². The number of aryl methyl sites for hydroxylation is 1. The van der Waals surface area contributed by atoms with E-state index in [1.165, 1.54) is 6.07 Å². The highest BCUT2D eigenvalue weighted by molar-refractivity contribution is 8.00. The van der Waals surface area contributed by atoms with Crippen LogP contribution in [0.25, 0.3) is 0 Å². The minimum absolute atomic E-state index is 0.0280. The Morgan fingerprint density at radius 2 is 1.54 bits per heavy atom. The monoisotopic (exact) mass is 350 g/mol. The van der Waals surface area contributed by atoms with E-state index in [0.29, 0.717) is 5.69 Å². The average Bonchev–Trinajstić information content (AvgIpc) is 2.51. The molecule has 0 atom stereocenters. The van der Waals surface area contributed by atoms with Crippen LogP contribution in [0, 0.1) is 18.6 Å². The molecule has 126 valence electrons. The Morgan fingerprint density at radius 3 is 2.12 bits per heavy atom. The van der Waals surface area contributed by atoms with E-state index in [2.05, 4.69) is 10.6 Å². The number of thioether (sulfide) groups is 1. The highest BCUT2D eigenvalue weighted by Crippen LogP contribution is 2.14. The zero-order chi connectivity index (χ0) is 17.5. The fourth-order valence-corrected chi connectivity index (χ4v) is 2.54. The Morgan fingerprint density at radius 1 is 0.917 bits per heavy atom. The molecule has 0 saturated carbocycles. The van der Waals surface area contributed by atoms with E-state index in [1.54, 1.807) is 6.07 Å². The first-order chi connectivity index (χ1) is 11.4. The van der Waals surface area contributed by atoms with Gasteiger partial charge in [0, 0.05) is 17.4 Å². The molecule has 0 aliphatic heterocycles. The molecule has 0 aliphatic carbocycles. The lowest BCUT2D eigenvalue weighted by Gasteiger charge is -2.07. The zero-order valence-corrected chi connectivity index (χ0v) is 13.8. The molecule has 0 bridgehead atoms. The van der Waals surface area contributed by atoms with Gasteiger partial charge in [0.2, 0.25) is 11.8 Å². The molecule has 0 heterocycles. The molecule has 2 aromatic carbocycles. The molecule has 4 nitrogen and oxygen atoms in total. The fraction of sp³-hybridized carbons (Fsp3) is 0.176. The van der Waals surface area contributed by atoms with Gasteiger partial charge in [-0.2, -0.15) is 0 Å². The number of benzene rings is 2. The fourth-order valence-electron chi connectivity index (χ4n) is 1.93. The number of halogens is 2. The minimum Gasteiger partial charge on any atom is -0.325 e. The van der Waals surface area contributed by atoms with Crippen LogP contribution in [0.5, 0.6) is 0 Å². The molecule has 0 aromatic heterocycles. The first-order valence-corrected chi connectivity index (χ1v) is 8.28. The number of hydrogen-bond donors (Lipinski definition) is 2. The van der Waals surface area contributed by atoms with Crippen LogP contribution in [0.4, 0.5) is 20.2 Å². The highest BCUT2D eigenvalue weighted by atomic mass is 32.2. The van der Waals surface area contributed by atoms with Crippen LogP contribution in [0.2, 0.25) is 0 Å². The summed E-state index contributed by atoms with van der Waals surface area (Å²) in [7, 11) is 0. The van der Waals surface area contributed by atoms with E-state index in [-0.39, 0.29) is 23.1 Å². The number of anilines is 2. The number of carbonyl (C=O) groups is 2. The Kier molecular flexibility index (Phi) is 6.31. The van der Waals surface area contributed by atoms with E-state index in [9.17, 15) is 18.4 Å². The van der Waals surface area contributed by atoms with E-state index >= 15 is 0 Å². The molecule has 0 aliphatic rings. The van der Waals surface area contributed by atoms with Crippen molar-refractivity contribution in [2.45, 2.75) is 6.92 Å². The van der Waals surface area contributed by atoms with Crippen molar-refractivity contribution in [3.8, 4) is 0 Å². The number of amides is 2. The van der Waals surface area contributed by atoms with Crippen molar-refractivity contribution in [1.29, 1.82) is 0 Å². The summed E-state index contributed by atoms with van der Waals surface area (Å²) >= 11 is 1.13. The SMILES string of the molecule is Cc1cccc(NC(=O)CSCC(=O)Nc2ccc(F)c(F)c2)c1. The predicted molar refractivity (Wildman–Crippen MR) is 92.1 cm³/mol. The molecule has 2 N–H and O–H groups in total. The highest BCUT2D eigenvalue weighted by Gasteiger charge is 2.08. The van der Waals surface area contributed by atoms with Gasteiger partial charge in [-0.05, 0) is 36.8 Å². The summed E-state index contributed by atoms with van der Waals surface area (Å²) in [6.07, 6.45) is 0. The predicted octanol–water partition coefficient (Wildman–Crippen LogP) is 3.58. The Labute approximate surface area is 142 Å². The summed E-state index contributed by atoms with van der Waals surface area (Å²) in [4.78, 5) is 23.5. The van der Waals surface area contributed by atoms with Gasteiger partial charge in [0.15, 0.2) is 11.6 Å². The summed E-state index contributed by atoms with van der Waals surface area (Å²) in [5, 5.41) is 5.18. The van der Waals surface area contributed by atoms with Gasteiger partial charge < -0.3 is 10.6 Å². The second-order valence-corrected chi connectivity index (χ2v) is 6.07. The molecule has 0 fully saturated rings. The van der Waals surface area contributed by atoms with Crippen LogP contribution in [0.15, 0.2) is 42.5 Å². The number of carbonyl (C=O) groups excluding carboxylic acids is 2. The molecule has 0 unspecified atom stereocenters. The maximum atomic E-state index is 13.0. The third-order valence-electron chi connectivity index (χ3n) is 2.97. The minimum atomic E-state index is -1.03. The Balaban J connectivity index is 1.73. The molecular weight excluding hydrogens is 334 g/mol. The first-order valence-electron chi connectivity index (χ1n) is 7.13. The molecule has 7 heteroatoms. The lowest BCUT2D eigenvalue weighted by atomic mass is 10.2. The topological polar surface area (TPSA) is 58.2 Å².